The zero-order chi connectivity index (χ0) is 13.8. The Balaban J connectivity index is 2.24. The van der Waals surface area contributed by atoms with Crippen molar-refractivity contribution in [3.8, 4) is 0 Å². The van der Waals surface area contributed by atoms with Gasteiger partial charge in [0.2, 0.25) is 0 Å². The fourth-order valence-electron chi connectivity index (χ4n) is 3.52. The van der Waals surface area contributed by atoms with Crippen LogP contribution in [0.4, 0.5) is 0 Å². The van der Waals surface area contributed by atoms with Gasteiger partial charge in [0.05, 0.1) is 0 Å². The van der Waals surface area contributed by atoms with Crippen LogP contribution >= 0.6 is 0 Å². The number of nitrogens with zero attached hydrogens (tertiary/aromatic N) is 1. The largest absolute Gasteiger partial charge is 0.329 e. The smallest absolute Gasteiger partial charge is 0.0475 e. The minimum atomic E-state index is 0.399. The first-order valence-corrected chi connectivity index (χ1v) is 7.67. The first kappa shape index (κ1) is 14.5. The number of likely N-dealkylation sites (tertiary alicyclic amines) is 1. The predicted octanol–water partition coefficient (Wildman–Crippen LogP) is 3.43. The zero-order valence-electron chi connectivity index (χ0n) is 12.7. The molecule has 19 heavy (non-hydrogen) atoms. The van der Waals surface area contributed by atoms with E-state index in [0.717, 1.165) is 12.5 Å². The van der Waals surface area contributed by atoms with Gasteiger partial charge in [-0.25, -0.2) is 0 Å². The Labute approximate surface area is 118 Å². The standard InChI is InChI=1S/C17H28N2/c1-4-15-9-6-10-19(12-15)16(11-18)17-13(2)7-5-8-14(17)3/h5,7-8,15-16H,4,6,9-12,18H2,1-3H3. The predicted molar refractivity (Wildman–Crippen MR) is 82.3 cm³/mol. The molecule has 2 heteroatoms. The van der Waals surface area contributed by atoms with Crippen LogP contribution in [-0.2, 0) is 0 Å². The number of benzene rings is 1. The van der Waals surface area contributed by atoms with E-state index in [-0.39, 0.29) is 0 Å². The second-order valence-electron chi connectivity index (χ2n) is 5.97. The Kier molecular flexibility index (Phi) is 5.00. The molecule has 1 aliphatic rings. The molecule has 2 unspecified atom stereocenters. The van der Waals surface area contributed by atoms with Gasteiger partial charge < -0.3 is 5.73 Å². The van der Waals surface area contributed by atoms with Crippen molar-refractivity contribution >= 4 is 0 Å². The molecule has 2 rings (SSSR count). The Hall–Kier alpha value is -0.860. The third kappa shape index (κ3) is 3.18. The van der Waals surface area contributed by atoms with Gasteiger partial charge in [-0.05, 0) is 55.8 Å². The van der Waals surface area contributed by atoms with Gasteiger partial charge in [-0.1, -0.05) is 31.5 Å². The first-order valence-electron chi connectivity index (χ1n) is 7.67. The summed E-state index contributed by atoms with van der Waals surface area (Å²) in [4.78, 5) is 2.62. The van der Waals surface area contributed by atoms with E-state index in [2.05, 4.69) is 43.9 Å². The second-order valence-corrected chi connectivity index (χ2v) is 5.97. The second kappa shape index (κ2) is 6.53. The van der Waals surface area contributed by atoms with E-state index < -0.39 is 0 Å². The normalized spacial score (nSPS) is 22.4. The van der Waals surface area contributed by atoms with E-state index >= 15 is 0 Å². The lowest BCUT2D eigenvalue weighted by atomic mass is 9.90. The van der Waals surface area contributed by atoms with Crippen molar-refractivity contribution in [2.24, 2.45) is 11.7 Å². The van der Waals surface area contributed by atoms with E-state index in [4.69, 9.17) is 5.73 Å². The summed E-state index contributed by atoms with van der Waals surface area (Å²) >= 11 is 0. The van der Waals surface area contributed by atoms with Crippen molar-refractivity contribution in [2.75, 3.05) is 19.6 Å². The van der Waals surface area contributed by atoms with Gasteiger partial charge in [0.1, 0.15) is 0 Å². The summed E-state index contributed by atoms with van der Waals surface area (Å²) in [6.45, 7) is 9.88. The Morgan fingerprint density at radius 3 is 2.58 bits per heavy atom. The van der Waals surface area contributed by atoms with Crippen molar-refractivity contribution in [2.45, 2.75) is 46.1 Å². The average Bonchev–Trinajstić information content (AvgIpc) is 2.43. The highest BCUT2D eigenvalue weighted by Crippen LogP contribution is 2.30. The van der Waals surface area contributed by atoms with Gasteiger partial charge in [-0.15, -0.1) is 0 Å². The number of aryl methyl sites for hydroxylation is 2. The van der Waals surface area contributed by atoms with Crippen LogP contribution in [0.5, 0.6) is 0 Å². The fourth-order valence-corrected chi connectivity index (χ4v) is 3.52. The summed E-state index contributed by atoms with van der Waals surface area (Å²) in [5, 5.41) is 0. The van der Waals surface area contributed by atoms with Gasteiger partial charge in [0.15, 0.2) is 0 Å². The highest BCUT2D eigenvalue weighted by Gasteiger charge is 2.26. The lowest BCUT2D eigenvalue weighted by Gasteiger charge is -2.39. The van der Waals surface area contributed by atoms with Crippen molar-refractivity contribution in [1.82, 2.24) is 4.90 Å². The van der Waals surface area contributed by atoms with Crippen molar-refractivity contribution in [3.63, 3.8) is 0 Å². The minimum Gasteiger partial charge on any atom is -0.329 e. The maximum atomic E-state index is 6.12. The van der Waals surface area contributed by atoms with Crippen LogP contribution in [0, 0.1) is 19.8 Å². The number of hydrogen-bond acceptors (Lipinski definition) is 2. The van der Waals surface area contributed by atoms with Crippen LogP contribution in [0.25, 0.3) is 0 Å². The molecule has 1 saturated heterocycles. The van der Waals surface area contributed by atoms with Crippen LogP contribution < -0.4 is 5.73 Å². The van der Waals surface area contributed by atoms with Gasteiger partial charge in [-0.3, -0.25) is 4.90 Å². The highest BCUT2D eigenvalue weighted by molar-refractivity contribution is 5.36. The molecule has 1 aromatic carbocycles. The molecule has 0 radical (unpaired) electrons. The van der Waals surface area contributed by atoms with Crippen molar-refractivity contribution in [3.05, 3.63) is 34.9 Å². The van der Waals surface area contributed by atoms with Crippen molar-refractivity contribution < 1.29 is 0 Å². The van der Waals surface area contributed by atoms with E-state index in [0.29, 0.717) is 6.04 Å². The molecule has 0 spiro atoms. The maximum absolute atomic E-state index is 6.12. The van der Waals surface area contributed by atoms with E-state index in [9.17, 15) is 0 Å². The van der Waals surface area contributed by atoms with Crippen LogP contribution in [0.2, 0.25) is 0 Å². The number of rotatable bonds is 4. The van der Waals surface area contributed by atoms with Gasteiger partial charge in [0, 0.05) is 19.1 Å². The third-order valence-corrected chi connectivity index (χ3v) is 4.67. The summed E-state index contributed by atoms with van der Waals surface area (Å²) in [6, 6.07) is 6.97. The molecule has 1 fully saturated rings. The quantitative estimate of drug-likeness (QED) is 0.898. The maximum Gasteiger partial charge on any atom is 0.0475 e. The molecule has 1 heterocycles. The summed E-state index contributed by atoms with van der Waals surface area (Å²) < 4.78 is 0. The highest BCUT2D eigenvalue weighted by atomic mass is 15.2. The first-order chi connectivity index (χ1) is 9.17. The summed E-state index contributed by atoms with van der Waals surface area (Å²) in [7, 11) is 0. The molecule has 2 N–H and O–H groups in total. The van der Waals surface area contributed by atoms with Gasteiger partial charge >= 0.3 is 0 Å². The molecule has 2 atom stereocenters. The molecule has 1 aliphatic heterocycles. The molecule has 106 valence electrons. The Morgan fingerprint density at radius 2 is 2.00 bits per heavy atom. The van der Waals surface area contributed by atoms with E-state index in [1.807, 2.05) is 0 Å². The average molecular weight is 260 g/mol. The molecule has 1 aromatic rings. The topological polar surface area (TPSA) is 29.3 Å². The van der Waals surface area contributed by atoms with Crippen LogP contribution in [0.3, 0.4) is 0 Å². The fraction of sp³-hybridized carbons (Fsp3) is 0.647. The Morgan fingerprint density at radius 1 is 1.32 bits per heavy atom. The summed E-state index contributed by atoms with van der Waals surface area (Å²) in [6.07, 6.45) is 4.00. The molecule has 0 aliphatic carbocycles. The van der Waals surface area contributed by atoms with Crippen LogP contribution in [0.15, 0.2) is 18.2 Å². The monoisotopic (exact) mass is 260 g/mol. The van der Waals surface area contributed by atoms with E-state index in [1.165, 1.54) is 49.0 Å². The summed E-state index contributed by atoms with van der Waals surface area (Å²) in [5.74, 6) is 0.854. The third-order valence-electron chi connectivity index (χ3n) is 4.67. The molecular formula is C17H28N2. The van der Waals surface area contributed by atoms with Crippen LogP contribution in [0.1, 0.15) is 48.9 Å². The Bertz CT molecular complexity index is 393. The molecule has 0 amide bonds. The molecule has 2 nitrogen and oxygen atoms in total. The van der Waals surface area contributed by atoms with E-state index in [1.54, 1.807) is 0 Å². The SMILES string of the molecule is CCC1CCCN(C(CN)c2c(C)cccc2C)C1. The molecule has 0 bridgehead atoms. The number of piperidine rings is 1. The number of hydrogen-bond donors (Lipinski definition) is 1. The lowest BCUT2D eigenvalue weighted by Crippen LogP contribution is -2.41. The lowest BCUT2D eigenvalue weighted by molar-refractivity contribution is 0.123. The van der Waals surface area contributed by atoms with Crippen LogP contribution in [-0.4, -0.2) is 24.5 Å². The summed E-state index contributed by atoms with van der Waals surface area (Å²) in [5.41, 5.74) is 10.3. The molecule has 0 aromatic heterocycles. The van der Waals surface area contributed by atoms with Gasteiger partial charge in [0.25, 0.3) is 0 Å². The molecular weight excluding hydrogens is 232 g/mol. The van der Waals surface area contributed by atoms with Crippen molar-refractivity contribution in [1.29, 1.82) is 0 Å². The zero-order valence-corrected chi connectivity index (χ0v) is 12.7. The number of nitrogens with two attached hydrogens (primary N) is 1. The minimum absolute atomic E-state index is 0.399. The van der Waals surface area contributed by atoms with Gasteiger partial charge in [-0.2, -0.15) is 0 Å². The molecule has 0 saturated carbocycles.